The first kappa shape index (κ1) is 15.2. The maximum absolute atomic E-state index is 4.60. The molecule has 1 saturated heterocycles. The molecule has 0 atom stereocenters. The summed E-state index contributed by atoms with van der Waals surface area (Å²) in [6.07, 6.45) is 3.49. The molecule has 2 heterocycles. The van der Waals surface area contributed by atoms with Gasteiger partial charge in [-0.25, -0.2) is 9.97 Å². The summed E-state index contributed by atoms with van der Waals surface area (Å²) in [7, 11) is 0. The zero-order chi connectivity index (χ0) is 14.5. The predicted octanol–water partition coefficient (Wildman–Crippen LogP) is 2.56. The van der Waals surface area contributed by atoms with E-state index in [4.69, 9.17) is 0 Å². The lowest BCUT2D eigenvalue weighted by molar-refractivity contribution is 0.369. The summed E-state index contributed by atoms with van der Waals surface area (Å²) < 4.78 is 0. The van der Waals surface area contributed by atoms with E-state index < -0.39 is 0 Å². The lowest BCUT2D eigenvalue weighted by Crippen LogP contribution is -2.39. The van der Waals surface area contributed by atoms with E-state index in [9.17, 15) is 0 Å². The summed E-state index contributed by atoms with van der Waals surface area (Å²) in [5.41, 5.74) is 1.15. The molecular weight excluding hydrogens is 248 g/mol. The van der Waals surface area contributed by atoms with Crippen LogP contribution in [0.4, 0.5) is 5.82 Å². The van der Waals surface area contributed by atoms with Crippen molar-refractivity contribution in [2.24, 2.45) is 5.92 Å². The second kappa shape index (κ2) is 7.02. The van der Waals surface area contributed by atoms with Crippen molar-refractivity contribution in [2.45, 2.75) is 53.0 Å². The van der Waals surface area contributed by atoms with Crippen molar-refractivity contribution in [1.29, 1.82) is 0 Å². The molecule has 4 heteroatoms. The summed E-state index contributed by atoms with van der Waals surface area (Å²) in [6, 6.07) is 2.74. The zero-order valence-electron chi connectivity index (χ0n) is 13.3. The Bertz CT molecular complexity index is 422. The number of nitrogens with one attached hydrogen (secondary N) is 1. The van der Waals surface area contributed by atoms with E-state index in [1.54, 1.807) is 0 Å². The monoisotopic (exact) mass is 276 g/mol. The second-order valence-electron chi connectivity index (χ2n) is 6.11. The van der Waals surface area contributed by atoms with Gasteiger partial charge in [-0.3, -0.25) is 0 Å². The first-order valence-electron chi connectivity index (χ1n) is 7.91. The number of aromatic nitrogens is 2. The van der Waals surface area contributed by atoms with Gasteiger partial charge in [0.25, 0.3) is 0 Å². The molecule has 2 rings (SSSR count). The van der Waals surface area contributed by atoms with Crippen LogP contribution in [0.1, 0.15) is 45.1 Å². The van der Waals surface area contributed by atoms with Crippen molar-refractivity contribution in [1.82, 2.24) is 15.3 Å². The molecule has 0 amide bonds. The summed E-state index contributed by atoms with van der Waals surface area (Å²) in [4.78, 5) is 11.5. The van der Waals surface area contributed by atoms with Gasteiger partial charge in [-0.2, -0.15) is 0 Å². The Morgan fingerprint density at radius 1 is 1.30 bits per heavy atom. The van der Waals surface area contributed by atoms with Gasteiger partial charge in [-0.1, -0.05) is 20.8 Å². The SMILES string of the molecule is CCc1cc(N2CCC(CNC(C)C)CC2)nc(C)n1. The van der Waals surface area contributed by atoms with E-state index in [-0.39, 0.29) is 0 Å². The highest BCUT2D eigenvalue weighted by molar-refractivity contribution is 5.40. The average Bonchev–Trinajstić information content (AvgIpc) is 2.45. The average molecular weight is 276 g/mol. The van der Waals surface area contributed by atoms with Crippen LogP contribution in [-0.2, 0) is 6.42 Å². The van der Waals surface area contributed by atoms with Gasteiger partial charge in [-0.05, 0) is 38.6 Å². The molecule has 0 spiro atoms. The normalized spacial score (nSPS) is 16.9. The van der Waals surface area contributed by atoms with Gasteiger partial charge in [0.1, 0.15) is 11.6 Å². The Hall–Kier alpha value is -1.16. The molecule has 112 valence electrons. The third-order valence-corrected chi connectivity index (χ3v) is 3.99. The minimum Gasteiger partial charge on any atom is -0.356 e. The van der Waals surface area contributed by atoms with Crippen LogP contribution in [0.3, 0.4) is 0 Å². The standard InChI is InChI=1S/C16H28N4/c1-5-15-10-16(19-13(4)18-15)20-8-6-14(7-9-20)11-17-12(2)3/h10,12,14,17H,5-9,11H2,1-4H3. The fourth-order valence-electron chi connectivity index (χ4n) is 2.72. The largest absolute Gasteiger partial charge is 0.356 e. The van der Waals surface area contributed by atoms with Crippen molar-refractivity contribution in [3.63, 3.8) is 0 Å². The van der Waals surface area contributed by atoms with E-state index in [0.29, 0.717) is 6.04 Å². The van der Waals surface area contributed by atoms with Crippen LogP contribution in [0, 0.1) is 12.8 Å². The minimum atomic E-state index is 0.588. The molecule has 1 N–H and O–H groups in total. The van der Waals surface area contributed by atoms with E-state index in [1.165, 1.54) is 12.8 Å². The lowest BCUT2D eigenvalue weighted by atomic mass is 9.96. The van der Waals surface area contributed by atoms with Crippen LogP contribution in [0.15, 0.2) is 6.07 Å². The molecule has 1 aliphatic rings. The quantitative estimate of drug-likeness (QED) is 0.897. The smallest absolute Gasteiger partial charge is 0.132 e. The summed E-state index contributed by atoms with van der Waals surface area (Å²) in [5.74, 6) is 2.81. The fourth-order valence-corrected chi connectivity index (χ4v) is 2.72. The molecule has 0 aliphatic carbocycles. The van der Waals surface area contributed by atoms with Crippen LogP contribution in [0.25, 0.3) is 0 Å². The van der Waals surface area contributed by atoms with Crippen molar-refractivity contribution in [3.05, 3.63) is 17.6 Å². The summed E-state index contributed by atoms with van der Waals surface area (Å²) in [6.45, 7) is 11.9. The molecule has 1 aromatic heterocycles. The molecule has 4 nitrogen and oxygen atoms in total. The highest BCUT2D eigenvalue weighted by Crippen LogP contribution is 2.22. The maximum atomic E-state index is 4.60. The van der Waals surface area contributed by atoms with Gasteiger partial charge in [-0.15, -0.1) is 0 Å². The van der Waals surface area contributed by atoms with Gasteiger partial charge < -0.3 is 10.2 Å². The van der Waals surface area contributed by atoms with Crippen molar-refractivity contribution < 1.29 is 0 Å². The number of hydrogen-bond acceptors (Lipinski definition) is 4. The fraction of sp³-hybridized carbons (Fsp3) is 0.750. The van der Waals surface area contributed by atoms with Crippen molar-refractivity contribution in [3.8, 4) is 0 Å². The number of hydrogen-bond donors (Lipinski definition) is 1. The molecule has 0 aromatic carbocycles. The Morgan fingerprint density at radius 2 is 2.00 bits per heavy atom. The van der Waals surface area contributed by atoms with Gasteiger partial charge in [0.2, 0.25) is 0 Å². The van der Waals surface area contributed by atoms with Gasteiger partial charge >= 0.3 is 0 Å². The number of rotatable bonds is 5. The van der Waals surface area contributed by atoms with Crippen molar-refractivity contribution >= 4 is 5.82 Å². The molecule has 1 fully saturated rings. The maximum Gasteiger partial charge on any atom is 0.132 e. The van der Waals surface area contributed by atoms with Crippen LogP contribution < -0.4 is 10.2 Å². The van der Waals surface area contributed by atoms with Gasteiger partial charge in [0.05, 0.1) is 0 Å². The lowest BCUT2D eigenvalue weighted by Gasteiger charge is -2.33. The van der Waals surface area contributed by atoms with Crippen LogP contribution in [0.2, 0.25) is 0 Å². The number of piperidine rings is 1. The molecular formula is C16H28N4. The van der Waals surface area contributed by atoms with E-state index in [0.717, 1.165) is 49.3 Å². The van der Waals surface area contributed by atoms with Crippen LogP contribution >= 0.6 is 0 Å². The minimum absolute atomic E-state index is 0.588. The first-order chi connectivity index (χ1) is 9.58. The third kappa shape index (κ3) is 4.17. The molecule has 0 saturated carbocycles. The summed E-state index contributed by atoms with van der Waals surface area (Å²) in [5, 5.41) is 3.55. The third-order valence-electron chi connectivity index (χ3n) is 3.99. The van der Waals surface area contributed by atoms with E-state index in [2.05, 4.69) is 47.0 Å². The molecule has 1 aromatic rings. The molecule has 1 aliphatic heterocycles. The molecule has 0 unspecified atom stereocenters. The molecule has 20 heavy (non-hydrogen) atoms. The number of aryl methyl sites for hydroxylation is 2. The Morgan fingerprint density at radius 3 is 2.60 bits per heavy atom. The Balaban J connectivity index is 1.91. The van der Waals surface area contributed by atoms with Gasteiger partial charge in [0, 0.05) is 30.9 Å². The van der Waals surface area contributed by atoms with Crippen molar-refractivity contribution in [2.75, 3.05) is 24.5 Å². The Kier molecular flexibility index (Phi) is 5.35. The number of nitrogens with zero attached hydrogens (tertiary/aromatic N) is 3. The summed E-state index contributed by atoms with van der Waals surface area (Å²) >= 11 is 0. The van der Waals surface area contributed by atoms with Gasteiger partial charge in [0.15, 0.2) is 0 Å². The van der Waals surface area contributed by atoms with E-state index >= 15 is 0 Å². The topological polar surface area (TPSA) is 41.0 Å². The van der Waals surface area contributed by atoms with Crippen LogP contribution in [0.5, 0.6) is 0 Å². The highest BCUT2D eigenvalue weighted by Gasteiger charge is 2.20. The second-order valence-corrected chi connectivity index (χ2v) is 6.11. The molecule has 0 radical (unpaired) electrons. The van der Waals surface area contributed by atoms with E-state index in [1.807, 2.05) is 6.92 Å². The zero-order valence-corrected chi connectivity index (χ0v) is 13.3. The highest BCUT2D eigenvalue weighted by atomic mass is 15.2. The first-order valence-corrected chi connectivity index (χ1v) is 7.91. The molecule has 0 bridgehead atoms. The Labute approximate surface area is 123 Å². The number of anilines is 1. The van der Waals surface area contributed by atoms with Crippen LogP contribution in [-0.4, -0.2) is 35.6 Å². The predicted molar refractivity (Wildman–Crippen MR) is 84.2 cm³/mol.